The second-order valence-electron chi connectivity index (χ2n) is 5.84. The molecule has 2 rings (SSSR count). The van der Waals surface area contributed by atoms with E-state index in [0.29, 0.717) is 36.4 Å². The molecular formula is C14H25N3O2S. The number of nitrogens with zero attached hydrogens (tertiary/aromatic N) is 2. The van der Waals surface area contributed by atoms with E-state index in [9.17, 15) is 8.42 Å². The van der Waals surface area contributed by atoms with Gasteiger partial charge in [-0.3, -0.25) is 0 Å². The standard InChI is InChI=1S/C14H25N3O2S/c1-4-5-16-10-14(6-13(16)7-15)20(18,19)17-8-11(2)12(3)9-17/h6,10-12H,4-5,7-9,15H2,1-3H3. The molecule has 2 N–H and O–H groups in total. The van der Waals surface area contributed by atoms with Crippen molar-refractivity contribution in [1.82, 2.24) is 8.87 Å². The molecular weight excluding hydrogens is 274 g/mol. The zero-order chi connectivity index (χ0) is 14.9. The lowest BCUT2D eigenvalue weighted by atomic mass is 10.0. The maximum atomic E-state index is 12.7. The largest absolute Gasteiger partial charge is 0.349 e. The molecule has 0 radical (unpaired) electrons. The molecule has 1 aliphatic rings. The van der Waals surface area contributed by atoms with Crippen LogP contribution in [-0.4, -0.2) is 30.4 Å². The molecule has 20 heavy (non-hydrogen) atoms. The van der Waals surface area contributed by atoms with E-state index in [-0.39, 0.29) is 0 Å². The summed E-state index contributed by atoms with van der Waals surface area (Å²) in [6.45, 7) is 8.66. The molecule has 0 saturated carbocycles. The molecule has 1 aromatic rings. The molecule has 0 amide bonds. The van der Waals surface area contributed by atoms with Crippen molar-refractivity contribution < 1.29 is 8.42 Å². The molecule has 1 aliphatic heterocycles. The van der Waals surface area contributed by atoms with Crippen LogP contribution in [0.4, 0.5) is 0 Å². The van der Waals surface area contributed by atoms with Crippen molar-refractivity contribution in [3.63, 3.8) is 0 Å². The highest BCUT2D eigenvalue weighted by Gasteiger charge is 2.35. The first-order chi connectivity index (χ1) is 9.40. The molecule has 0 aliphatic carbocycles. The van der Waals surface area contributed by atoms with Gasteiger partial charge in [0.05, 0.1) is 0 Å². The average Bonchev–Trinajstić information content (AvgIpc) is 2.95. The van der Waals surface area contributed by atoms with Crippen LogP contribution in [0, 0.1) is 11.8 Å². The summed E-state index contributed by atoms with van der Waals surface area (Å²) in [7, 11) is -3.38. The fraction of sp³-hybridized carbons (Fsp3) is 0.714. The summed E-state index contributed by atoms with van der Waals surface area (Å²) in [5.74, 6) is 0.827. The Labute approximate surface area is 121 Å². The van der Waals surface area contributed by atoms with Crippen molar-refractivity contribution in [2.45, 2.75) is 45.2 Å². The summed E-state index contributed by atoms with van der Waals surface area (Å²) in [6.07, 6.45) is 2.69. The second kappa shape index (κ2) is 5.87. The Morgan fingerprint density at radius 1 is 1.30 bits per heavy atom. The van der Waals surface area contributed by atoms with E-state index < -0.39 is 10.0 Å². The summed E-state index contributed by atoms with van der Waals surface area (Å²) in [5.41, 5.74) is 6.59. The second-order valence-corrected chi connectivity index (χ2v) is 7.78. The molecule has 0 bridgehead atoms. The van der Waals surface area contributed by atoms with E-state index in [1.54, 1.807) is 16.6 Å². The third-order valence-electron chi connectivity index (χ3n) is 4.23. The van der Waals surface area contributed by atoms with E-state index in [1.165, 1.54) is 0 Å². The third kappa shape index (κ3) is 2.77. The molecule has 0 aromatic carbocycles. The minimum atomic E-state index is -3.38. The van der Waals surface area contributed by atoms with Crippen LogP contribution in [0.1, 0.15) is 32.9 Å². The van der Waals surface area contributed by atoms with Crippen LogP contribution >= 0.6 is 0 Å². The van der Waals surface area contributed by atoms with Crippen LogP contribution in [-0.2, 0) is 23.1 Å². The van der Waals surface area contributed by atoms with E-state index in [1.807, 2.05) is 4.57 Å². The molecule has 0 spiro atoms. The van der Waals surface area contributed by atoms with Crippen LogP contribution in [0.25, 0.3) is 0 Å². The third-order valence-corrected chi connectivity index (χ3v) is 6.02. The van der Waals surface area contributed by atoms with Gasteiger partial charge in [-0.2, -0.15) is 4.31 Å². The first kappa shape index (κ1) is 15.5. The summed E-state index contributed by atoms with van der Waals surface area (Å²) >= 11 is 0. The van der Waals surface area contributed by atoms with Gasteiger partial charge in [-0.15, -0.1) is 0 Å². The van der Waals surface area contributed by atoms with E-state index in [2.05, 4.69) is 20.8 Å². The van der Waals surface area contributed by atoms with Gasteiger partial charge in [0.15, 0.2) is 0 Å². The van der Waals surface area contributed by atoms with Gasteiger partial charge in [-0.1, -0.05) is 20.8 Å². The van der Waals surface area contributed by atoms with Gasteiger partial charge in [-0.05, 0) is 24.3 Å². The molecule has 6 heteroatoms. The van der Waals surface area contributed by atoms with Gasteiger partial charge < -0.3 is 10.3 Å². The summed E-state index contributed by atoms with van der Waals surface area (Å²) in [6, 6.07) is 1.72. The Bertz CT molecular complexity index is 555. The first-order valence-corrected chi connectivity index (χ1v) is 8.73. The van der Waals surface area contributed by atoms with Gasteiger partial charge in [-0.25, -0.2) is 8.42 Å². The average molecular weight is 299 g/mol. The highest BCUT2D eigenvalue weighted by Crippen LogP contribution is 2.28. The van der Waals surface area contributed by atoms with Crippen LogP contribution in [0.2, 0.25) is 0 Å². The van der Waals surface area contributed by atoms with Gasteiger partial charge in [0, 0.05) is 38.1 Å². The summed E-state index contributed by atoms with van der Waals surface area (Å²) in [4.78, 5) is 0.382. The predicted octanol–water partition coefficient (Wildman–Crippen LogP) is 1.63. The summed E-state index contributed by atoms with van der Waals surface area (Å²) < 4.78 is 28.9. The zero-order valence-corrected chi connectivity index (χ0v) is 13.4. The van der Waals surface area contributed by atoms with Crippen molar-refractivity contribution in [1.29, 1.82) is 0 Å². The lowest BCUT2D eigenvalue weighted by molar-refractivity contribution is 0.463. The van der Waals surface area contributed by atoms with E-state index >= 15 is 0 Å². The fourth-order valence-corrected chi connectivity index (χ4v) is 4.42. The molecule has 1 aromatic heterocycles. The first-order valence-electron chi connectivity index (χ1n) is 7.29. The zero-order valence-electron chi connectivity index (χ0n) is 12.5. The van der Waals surface area contributed by atoms with Gasteiger partial charge in [0.25, 0.3) is 0 Å². The van der Waals surface area contributed by atoms with E-state index in [0.717, 1.165) is 18.7 Å². The fourth-order valence-electron chi connectivity index (χ4n) is 2.71. The Morgan fingerprint density at radius 2 is 1.90 bits per heavy atom. The van der Waals surface area contributed by atoms with Crippen molar-refractivity contribution in [2.24, 2.45) is 17.6 Å². The number of nitrogens with two attached hydrogens (primary N) is 1. The SMILES string of the molecule is CCCn1cc(S(=O)(=O)N2CC(C)C(C)C2)cc1CN. The maximum absolute atomic E-state index is 12.7. The molecule has 2 unspecified atom stereocenters. The molecule has 2 atom stereocenters. The predicted molar refractivity (Wildman–Crippen MR) is 79.7 cm³/mol. The Balaban J connectivity index is 2.30. The van der Waals surface area contributed by atoms with Crippen LogP contribution in [0.5, 0.6) is 0 Å². The normalized spacial score (nSPS) is 24.4. The van der Waals surface area contributed by atoms with Crippen LogP contribution < -0.4 is 5.73 Å². The maximum Gasteiger partial charge on any atom is 0.244 e. The molecule has 114 valence electrons. The van der Waals surface area contributed by atoms with Crippen molar-refractivity contribution >= 4 is 10.0 Å². The number of hydrogen-bond acceptors (Lipinski definition) is 3. The quantitative estimate of drug-likeness (QED) is 0.898. The Hall–Kier alpha value is -0.850. The smallest absolute Gasteiger partial charge is 0.244 e. The molecule has 2 heterocycles. The lowest BCUT2D eigenvalue weighted by Crippen LogP contribution is -2.28. The van der Waals surface area contributed by atoms with Gasteiger partial charge >= 0.3 is 0 Å². The Kier molecular flexibility index (Phi) is 4.56. The Morgan fingerprint density at radius 3 is 2.40 bits per heavy atom. The van der Waals surface area contributed by atoms with E-state index in [4.69, 9.17) is 5.73 Å². The summed E-state index contributed by atoms with van der Waals surface area (Å²) in [5, 5.41) is 0. The number of hydrogen-bond donors (Lipinski definition) is 1. The molecule has 1 fully saturated rings. The number of sulfonamides is 1. The number of aromatic nitrogens is 1. The van der Waals surface area contributed by atoms with Crippen molar-refractivity contribution in [3.05, 3.63) is 18.0 Å². The highest BCUT2D eigenvalue weighted by molar-refractivity contribution is 7.89. The van der Waals surface area contributed by atoms with Crippen LogP contribution in [0.3, 0.4) is 0 Å². The minimum absolute atomic E-state index is 0.363. The van der Waals surface area contributed by atoms with Gasteiger partial charge in [0.1, 0.15) is 4.90 Å². The topological polar surface area (TPSA) is 68.3 Å². The van der Waals surface area contributed by atoms with Crippen molar-refractivity contribution in [2.75, 3.05) is 13.1 Å². The molecule has 5 nitrogen and oxygen atoms in total. The lowest BCUT2D eigenvalue weighted by Gasteiger charge is -2.14. The van der Waals surface area contributed by atoms with Crippen LogP contribution in [0.15, 0.2) is 17.2 Å². The minimum Gasteiger partial charge on any atom is -0.349 e. The van der Waals surface area contributed by atoms with Gasteiger partial charge in [0.2, 0.25) is 10.0 Å². The highest BCUT2D eigenvalue weighted by atomic mass is 32.2. The number of rotatable bonds is 5. The number of aryl methyl sites for hydroxylation is 1. The molecule has 1 saturated heterocycles. The van der Waals surface area contributed by atoms with Crippen molar-refractivity contribution in [3.8, 4) is 0 Å². The monoisotopic (exact) mass is 299 g/mol.